The monoisotopic (exact) mass is 520 g/mol. The third kappa shape index (κ3) is 3.86. The third-order valence-electron chi connectivity index (χ3n) is 6.22. The molecule has 192 valence electrons. The number of aromatic nitrogens is 6. The Kier molecular flexibility index (Phi) is 5.28. The minimum atomic E-state index is -5.71. The molecule has 0 saturated heterocycles. The molecule has 1 aliphatic heterocycles. The van der Waals surface area contributed by atoms with Crippen molar-refractivity contribution in [2.24, 2.45) is 0 Å². The average Bonchev–Trinajstić information content (AvgIpc) is 3.40. The Labute approximate surface area is 204 Å². The molecule has 0 bridgehead atoms. The van der Waals surface area contributed by atoms with Crippen molar-refractivity contribution in [1.82, 2.24) is 29.5 Å². The number of phenols is 1. The molecule has 4 N–H and O–H groups in total. The zero-order chi connectivity index (χ0) is 26.8. The van der Waals surface area contributed by atoms with Gasteiger partial charge in [0.1, 0.15) is 34.8 Å². The molecule has 37 heavy (non-hydrogen) atoms. The number of nitrogen functional groups attached to an aromatic ring is 1. The zero-order valence-corrected chi connectivity index (χ0v) is 18.9. The molecule has 1 amide bonds. The summed E-state index contributed by atoms with van der Waals surface area (Å²) in [5, 5.41) is 16.2. The second-order valence-electron chi connectivity index (χ2n) is 8.59. The number of aryl methyl sites for hydroxylation is 1. The lowest BCUT2D eigenvalue weighted by Crippen LogP contribution is -2.36. The first-order valence-electron chi connectivity index (χ1n) is 10.7. The molecule has 1 aromatic carbocycles. The maximum Gasteiger partial charge on any atom is 0.453 e. The van der Waals surface area contributed by atoms with Gasteiger partial charge in [0.05, 0.1) is 17.5 Å². The number of amides is 1. The molecule has 5 rings (SSSR count). The van der Waals surface area contributed by atoms with Crippen LogP contribution in [0, 0.1) is 0 Å². The number of nitrogens with one attached hydrogen (secondary N) is 1. The Bertz CT molecular complexity index is 1540. The number of fused-ring (bicyclic) bond motifs is 2. The number of alkyl halides is 5. The van der Waals surface area contributed by atoms with E-state index in [9.17, 15) is 31.9 Å². The van der Waals surface area contributed by atoms with Crippen molar-refractivity contribution < 1.29 is 31.9 Å². The number of halogens is 5. The summed E-state index contributed by atoms with van der Waals surface area (Å²) >= 11 is 0. The smallest absolute Gasteiger partial charge is 0.453 e. The largest absolute Gasteiger partial charge is 0.508 e. The molecule has 0 spiro atoms. The molecule has 4 aromatic rings. The average molecular weight is 520 g/mol. The summed E-state index contributed by atoms with van der Waals surface area (Å²) in [5.41, 5.74) is 5.50. The highest BCUT2D eigenvalue weighted by molar-refractivity contribution is 6.09. The lowest BCUT2D eigenvalue weighted by Gasteiger charge is -2.23. The van der Waals surface area contributed by atoms with Gasteiger partial charge in [0, 0.05) is 6.42 Å². The van der Waals surface area contributed by atoms with Crippen LogP contribution in [0.4, 0.5) is 33.6 Å². The van der Waals surface area contributed by atoms with Crippen LogP contribution >= 0.6 is 0 Å². The van der Waals surface area contributed by atoms with Gasteiger partial charge in [-0.05, 0) is 31.0 Å². The summed E-state index contributed by atoms with van der Waals surface area (Å²) in [4.78, 5) is 29.6. The number of nitrogens with zero attached hydrogens (tertiary/aromatic N) is 6. The highest BCUT2D eigenvalue weighted by Crippen LogP contribution is 2.45. The van der Waals surface area contributed by atoms with Gasteiger partial charge in [0.2, 0.25) is 5.91 Å². The molecular weight excluding hydrogens is 503 g/mol. The van der Waals surface area contributed by atoms with Gasteiger partial charge in [-0.15, -0.1) is 0 Å². The quantitative estimate of drug-likeness (QED) is 0.340. The number of carbonyl (C=O) groups excluding carboxylic acids is 1. The lowest BCUT2D eigenvalue weighted by molar-refractivity contribution is -0.284. The summed E-state index contributed by atoms with van der Waals surface area (Å²) < 4.78 is 66.2. The number of nitrogens with two attached hydrogens (primary N) is 1. The van der Waals surface area contributed by atoms with Crippen LogP contribution in [-0.4, -0.2) is 52.7 Å². The highest BCUT2D eigenvalue weighted by atomic mass is 19.4. The number of hydrogen-bond acceptors (Lipinski definition) is 8. The fourth-order valence-electron chi connectivity index (χ4n) is 4.18. The van der Waals surface area contributed by atoms with Gasteiger partial charge >= 0.3 is 12.1 Å². The van der Waals surface area contributed by atoms with Crippen LogP contribution in [0.15, 0.2) is 36.8 Å². The van der Waals surface area contributed by atoms with E-state index in [0.29, 0.717) is 5.56 Å². The molecule has 0 fully saturated rings. The van der Waals surface area contributed by atoms with Gasteiger partial charge in [-0.1, -0.05) is 12.1 Å². The minimum absolute atomic E-state index is 0.00364. The normalized spacial score (nSPS) is 17.7. The van der Waals surface area contributed by atoms with Crippen LogP contribution in [0.25, 0.3) is 17.2 Å². The van der Waals surface area contributed by atoms with E-state index in [-0.39, 0.29) is 45.8 Å². The molecule has 0 aliphatic carbocycles. The zero-order valence-electron chi connectivity index (χ0n) is 18.9. The van der Waals surface area contributed by atoms with E-state index in [1.54, 1.807) is 19.1 Å². The predicted molar refractivity (Wildman–Crippen MR) is 119 cm³/mol. The third-order valence-corrected chi connectivity index (χ3v) is 6.22. The second kappa shape index (κ2) is 8.04. The molecule has 0 radical (unpaired) electrons. The van der Waals surface area contributed by atoms with Crippen LogP contribution in [0.3, 0.4) is 0 Å². The first-order chi connectivity index (χ1) is 17.3. The van der Waals surface area contributed by atoms with E-state index in [2.05, 4.69) is 30.4 Å². The molecule has 0 saturated carbocycles. The van der Waals surface area contributed by atoms with Gasteiger partial charge in [0.25, 0.3) is 0 Å². The van der Waals surface area contributed by atoms with E-state index < -0.39 is 36.3 Å². The highest BCUT2D eigenvalue weighted by Gasteiger charge is 2.56. The van der Waals surface area contributed by atoms with Crippen molar-refractivity contribution >= 4 is 23.2 Å². The molecule has 1 unspecified atom stereocenters. The number of hydrogen-bond donors (Lipinski definition) is 3. The number of rotatable bonds is 5. The van der Waals surface area contributed by atoms with Crippen molar-refractivity contribution in [3.05, 3.63) is 53.6 Å². The molecule has 10 nitrogen and oxygen atoms in total. The maximum absolute atomic E-state index is 13.5. The van der Waals surface area contributed by atoms with Crippen LogP contribution in [0.5, 0.6) is 5.75 Å². The van der Waals surface area contributed by atoms with E-state index in [1.807, 2.05) is 0 Å². The molecular formula is C22H17F5N8O2. The summed E-state index contributed by atoms with van der Waals surface area (Å²) in [6.45, 7) is 1.61. The summed E-state index contributed by atoms with van der Waals surface area (Å²) in [5.74, 6) is -5.51. The van der Waals surface area contributed by atoms with Crippen molar-refractivity contribution in [2.45, 2.75) is 37.3 Å². The van der Waals surface area contributed by atoms with Gasteiger partial charge < -0.3 is 16.2 Å². The molecule has 3 aromatic heterocycles. The van der Waals surface area contributed by atoms with Crippen LogP contribution in [0.1, 0.15) is 30.2 Å². The predicted octanol–water partition coefficient (Wildman–Crippen LogP) is 3.26. The van der Waals surface area contributed by atoms with Gasteiger partial charge in [-0.25, -0.2) is 24.5 Å². The van der Waals surface area contributed by atoms with E-state index in [4.69, 9.17) is 5.73 Å². The number of benzene rings is 1. The Morgan fingerprint density at radius 3 is 2.49 bits per heavy atom. The summed E-state index contributed by atoms with van der Waals surface area (Å²) in [6.07, 6.45) is -5.63. The molecule has 15 heteroatoms. The number of phenolic OH excluding ortho intramolecular Hbond substituents is 1. The molecule has 4 heterocycles. The number of anilines is 2. The topological polar surface area (TPSA) is 144 Å². The molecule has 1 atom stereocenters. The van der Waals surface area contributed by atoms with Gasteiger partial charge in [0.15, 0.2) is 11.5 Å². The first kappa shape index (κ1) is 24.3. The fraction of sp³-hybridized carbons (Fsp3) is 0.273. The fourth-order valence-corrected chi connectivity index (χ4v) is 4.18. The van der Waals surface area contributed by atoms with Crippen molar-refractivity contribution in [3.8, 4) is 17.3 Å². The number of carbonyl (C=O) groups is 1. The van der Waals surface area contributed by atoms with Crippen molar-refractivity contribution in [2.75, 3.05) is 11.1 Å². The Hall–Kier alpha value is -4.43. The Morgan fingerprint density at radius 1 is 1.11 bits per heavy atom. The first-order valence-corrected chi connectivity index (χ1v) is 10.7. The van der Waals surface area contributed by atoms with Gasteiger partial charge in [-0.3, -0.25) is 4.79 Å². The summed E-state index contributed by atoms with van der Waals surface area (Å²) in [7, 11) is 0. The molecule has 1 aliphatic rings. The van der Waals surface area contributed by atoms with Crippen molar-refractivity contribution in [1.29, 1.82) is 0 Å². The van der Waals surface area contributed by atoms with Crippen molar-refractivity contribution in [3.63, 3.8) is 0 Å². The van der Waals surface area contributed by atoms with Crippen LogP contribution < -0.4 is 11.1 Å². The Balaban J connectivity index is 1.57. The van der Waals surface area contributed by atoms with E-state index in [0.717, 1.165) is 10.8 Å². The van der Waals surface area contributed by atoms with E-state index in [1.165, 1.54) is 18.3 Å². The minimum Gasteiger partial charge on any atom is -0.508 e. The maximum atomic E-state index is 13.5. The summed E-state index contributed by atoms with van der Waals surface area (Å²) in [6, 6.07) is 5.94. The van der Waals surface area contributed by atoms with Crippen LogP contribution in [0.2, 0.25) is 0 Å². The second-order valence-corrected chi connectivity index (χ2v) is 8.59. The van der Waals surface area contributed by atoms with Crippen LogP contribution in [-0.2, 0) is 16.6 Å². The SMILES string of the molecule is CC1(c2ccc(O)cc2)C(=O)Nc2nc(-c3cn4ncnc4c(CCC(F)(F)C(F)(F)F)n3)nc(N)c21. The van der Waals surface area contributed by atoms with Gasteiger partial charge in [-0.2, -0.15) is 27.1 Å². The standard InChI is InChI=1S/C22H17F5N8O2/c1-20(10-2-4-11(36)5-3-10)14-15(28)32-16(33-17(14)34-19(20)37)13-8-35-18(29-9-30-35)12(31-13)6-7-21(23,24)22(25,26)27/h2-5,8-9,36H,6-7H2,1H3,(H3,28,32,33,34,37). The number of aromatic hydroxyl groups is 1. The lowest BCUT2D eigenvalue weighted by atomic mass is 9.78. The Morgan fingerprint density at radius 2 is 1.81 bits per heavy atom. The van der Waals surface area contributed by atoms with E-state index >= 15 is 0 Å².